The molecule has 2 atom stereocenters. The van der Waals surface area contributed by atoms with Crippen LogP contribution in [0.3, 0.4) is 0 Å². The SMILES string of the molecule is N[C@H](Cc1ccccc1)C(=O)CCCCCNC(=O)[C@@H](N)Cc1ccccc1. The summed E-state index contributed by atoms with van der Waals surface area (Å²) in [4.78, 5) is 24.2. The van der Waals surface area contributed by atoms with Crippen molar-refractivity contribution in [1.29, 1.82) is 0 Å². The first kappa shape index (κ1) is 21.8. The number of hydrogen-bond donors (Lipinski definition) is 3. The van der Waals surface area contributed by atoms with Crippen molar-refractivity contribution in [3.63, 3.8) is 0 Å². The molecule has 0 radical (unpaired) electrons. The molecular weight excluding hydrogens is 350 g/mol. The summed E-state index contributed by atoms with van der Waals surface area (Å²) in [5.74, 6) is -0.0393. The molecule has 1 amide bonds. The van der Waals surface area contributed by atoms with Gasteiger partial charge in [-0.05, 0) is 36.8 Å². The highest BCUT2D eigenvalue weighted by Crippen LogP contribution is 2.07. The fourth-order valence-corrected chi connectivity index (χ4v) is 3.07. The van der Waals surface area contributed by atoms with E-state index in [1.807, 2.05) is 60.7 Å². The van der Waals surface area contributed by atoms with Gasteiger partial charge in [0.05, 0.1) is 12.1 Å². The lowest BCUT2D eigenvalue weighted by Crippen LogP contribution is -2.42. The van der Waals surface area contributed by atoms with Crippen LogP contribution < -0.4 is 16.8 Å². The highest BCUT2D eigenvalue weighted by atomic mass is 16.2. The Morgan fingerprint density at radius 2 is 1.29 bits per heavy atom. The number of Topliss-reactive ketones (excluding diaryl/α,β-unsaturated/α-hetero) is 1. The van der Waals surface area contributed by atoms with Gasteiger partial charge in [0.15, 0.2) is 0 Å². The highest BCUT2D eigenvalue weighted by Gasteiger charge is 2.14. The van der Waals surface area contributed by atoms with Gasteiger partial charge in [-0.1, -0.05) is 67.1 Å². The van der Waals surface area contributed by atoms with Gasteiger partial charge in [0.25, 0.3) is 0 Å². The molecule has 28 heavy (non-hydrogen) atoms. The predicted octanol–water partition coefficient (Wildman–Crippen LogP) is 2.37. The third-order valence-electron chi connectivity index (χ3n) is 4.75. The molecule has 2 aromatic rings. The molecule has 0 heterocycles. The van der Waals surface area contributed by atoms with Crippen LogP contribution in [0.5, 0.6) is 0 Å². The summed E-state index contributed by atoms with van der Waals surface area (Å²) in [6, 6.07) is 18.6. The second-order valence-electron chi connectivity index (χ2n) is 7.16. The second kappa shape index (κ2) is 12.1. The quantitative estimate of drug-likeness (QED) is 0.492. The Balaban J connectivity index is 1.55. The Labute approximate surface area is 167 Å². The van der Waals surface area contributed by atoms with E-state index in [0.717, 1.165) is 30.4 Å². The first-order chi connectivity index (χ1) is 13.6. The van der Waals surface area contributed by atoms with Gasteiger partial charge in [0.2, 0.25) is 5.91 Å². The minimum absolute atomic E-state index is 0.0952. The fraction of sp³-hybridized carbons (Fsp3) is 0.391. The molecule has 2 rings (SSSR count). The minimum Gasteiger partial charge on any atom is -0.355 e. The molecule has 2 aromatic carbocycles. The van der Waals surface area contributed by atoms with Crippen LogP contribution in [0, 0.1) is 0 Å². The van der Waals surface area contributed by atoms with E-state index in [4.69, 9.17) is 11.5 Å². The number of amides is 1. The van der Waals surface area contributed by atoms with Gasteiger partial charge in [-0.15, -0.1) is 0 Å². The molecule has 0 aliphatic heterocycles. The summed E-state index contributed by atoms with van der Waals surface area (Å²) in [5.41, 5.74) is 14.1. The lowest BCUT2D eigenvalue weighted by molar-refractivity contribution is -0.122. The zero-order chi connectivity index (χ0) is 20.2. The van der Waals surface area contributed by atoms with E-state index < -0.39 is 12.1 Å². The van der Waals surface area contributed by atoms with Crippen LogP contribution in [0.25, 0.3) is 0 Å². The van der Waals surface area contributed by atoms with Gasteiger partial charge in [-0.25, -0.2) is 0 Å². The molecule has 0 fully saturated rings. The summed E-state index contributed by atoms with van der Waals surface area (Å²) < 4.78 is 0. The highest BCUT2D eigenvalue weighted by molar-refractivity contribution is 5.84. The molecule has 5 nitrogen and oxygen atoms in total. The molecule has 5 heteroatoms. The maximum absolute atomic E-state index is 12.1. The molecular formula is C23H31N3O2. The number of carbonyl (C=O) groups excluding carboxylic acids is 2. The van der Waals surface area contributed by atoms with Crippen LogP contribution in [0.1, 0.15) is 36.8 Å². The monoisotopic (exact) mass is 381 g/mol. The smallest absolute Gasteiger partial charge is 0.237 e. The van der Waals surface area contributed by atoms with Crippen molar-refractivity contribution < 1.29 is 9.59 Å². The Bertz CT molecular complexity index is 656. The average molecular weight is 382 g/mol. The molecule has 5 N–H and O–H groups in total. The van der Waals surface area contributed by atoms with Gasteiger partial charge in [-0.2, -0.15) is 0 Å². The van der Waals surface area contributed by atoms with Crippen LogP contribution >= 0.6 is 0 Å². The van der Waals surface area contributed by atoms with E-state index in [0.29, 0.717) is 25.8 Å². The number of hydrogen-bond acceptors (Lipinski definition) is 4. The first-order valence-electron chi connectivity index (χ1n) is 9.95. The average Bonchev–Trinajstić information content (AvgIpc) is 2.71. The van der Waals surface area contributed by atoms with Crippen molar-refractivity contribution in [3.05, 3.63) is 71.8 Å². The standard InChI is InChI=1S/C23H31N3O2/c24-20(16-18-10-4-1-5-11-18)22(27)14-8-3-9-15-26-23(28)21(25)17-19-12-6-2-7-13-19/h1-2,4-7,10-13,20-21H,3,8-9,14-17,24-25H2,(H,26,28)/t20-,21+/m1/s1. The Hall–Kier alpha value is -2.50. The molecule has 0 unspecified atom stereocenters. The first-order valence-corrected chi connectivity index (χ1v) is 9.95. The molecule has 0 bridgehead atoms. The number of unbranched alkanes of at least 4 members (excludes halogenated alkanes) is 2. The summed E-state index contributed by atoms with van der Waals surface area (Å²) in [6.07, 6.45) is 4.07. The van der Waals surface area contributed by atoms with E-state index in [1.165, 1.54) is 0 Å². The fourth-order valence-electron chi connectivity index (χ4n) is 3.07. The zero-order valence-electron chi connectivity index (χ0n) is 16.3. The van der Waals surface area contributed by atoms with Crippen LogP contribution in [0.15, 0.2) is 60.7 Å². The van der Waals surface area contributed by atoms with Crippen LogP contribution in [0.4, 0.5) is 0 Å². The number of rotatable bonds is 12. The maximum Gasteiger partial charge on any atom is 0.237 e. The number of carbonyl (C=O) groups is 2. The van der Waals surface area contributed by atoms with E-state index >= 15 is 0 Å². The Morgan fingerprint density at radius 1 is 0.750 bits per heavy atom. The topological polar surface area (TPSA) is 98.2 Å². The maximum atomic E-state index is 12.1. The lowest BCUT2D eigenvalue weighted by atomic mass is 9.99. The molecule has 150 valence electrons. The van der Waals surface area contributed by atoms with Crippen LogP contribution in [-0.4, -0.2) is 30.3 Å². The van der Waals surface area contributed by atoms with Gasteiger partial charge in [0.1, 0.15) is 5.78 Å². The molecule has 0 aromatic heterocycles. The normalized spacial score (nSPS) is 12.9. The van der Waals surface area contributed by atoms with Gasteiger partial charge in [0, 0.05) is 13.0 Å². The van der Waals surface area contributed by atoms with E-state index in [2.05, 4.69) is 5.32 Å². The predicted molar refractivity (Wildman–Crippen MR) is 113 cm³/mol. The molecule has 0 saturated carbocycles. The summed E-state index contributed by atoms with van der Waals surface area (Å²) in [6.45, 7) is 0.575. The second-order valence-corrected chi connectivity index (χ2v) is 7.16. The van der Waals surface area contributed by atoms with Crippen molar-refractivity contribution in [1.82, 2.24) is 5.32 Å². The third kappa shape index (κ3) is 8.03. The number of nitrogens with one attached hydrogen (secondary N) is 1. The van der Waals surface area contributed by atoms with Crippen LogP contribution in [0.2, 0.25) is 0 Å². The molecule has 0 saturated heterocycles. The summed E-state index contributed by atoms with van der Waals surface area (Å²) in [5, 5.41) is 2.87. The van der Waals surface area contributed by atoms with Crippen molar-refractivity contribution >= 4 is 11.7 Å². The Morgan fingerprint density at radius 3 is 1.86 bits per heavy atom. The van der Waals surface area contributed by atoms with Gasteiger partial charge in [-0.3, -0.25) is 9.59 Å². The van der Waals surface area contributed by atoms with Gasteiger partial charge < -0.3 is 16.8 Å². The molecule has 0 aliphatic carbocycles. The van der Waals surface area contributed by atoms with Crippen molar-refractivity contribution in [2.45, 2.75) is 50.6 Å². The van der Waals surface area contributed by atoms with E-state index in [9.17, 15) is 9.59 Å². The summed E-state index contributed by atoms with van der Waals surface area (Å²) in [7, 11) is 0. The molecule has 0 aliphatic rings. The zero-order valence-corrected chi connectivity index (χ0v) is 16.3. The Kier molecular flexibility index (Phi) is 9.39. The van der Waals surface area contributed by atoms with Crippen LogP contribution in [-0.2, 0) is 22.4 Å². The van der Waals surface area contributed by atoms with E-state index in [-0.39, 0.29) is 11.7 Å². The van der Waals surface area contributed by atoms with Gasteiger partial charge >= 0.3 is 0 Å². The number of ketones is 1. The number of benzene rings is 2. The lowest BCUT2D eigenvalue weighted by Gasteiger charge is -2.13. The van der Waals surface area contributed by atoms with E-state index in [1.54, 1.807) is 0 Å². The van der Waals surface area contributed by atoms with Crippen molar-refractivity contribution in [2.24, 2.45) is 11.5 Å². The van der Waals surface area contributed by atoms with Crippen molar-refractivity contribution in [3.8, 4) is 0 Å². The largest absolute Gasteiger partial charge is 0.355 e. The number of nitrogens with two attached hydrogens (primary N) is 2. The molecule has 0 spiro atoms. The van der Waals surface area contributed by atoms with Crippen molar-refractivity contribution in [2.75, 3.05) is 6.54 Å². The minimum atomic E-state index is -0.542. The summed E-state index contributed by atoms with van der Waals surface area (Å²) >= 11 is 0. The third-order valence-corrected chi connectivity index (χ3v) is 4.75.